The molecule has 0 atom stereocenters. The van der Waals surface area contributed by atoms with Crippen molar-refractivity contribution in [1.82, 2.24) is 5.43 Å². The molecule has 3 rings (SSSR count). The maximum absolute atomic E-state index is 11.9. The molecule has 6 heteroatoms. The predicted molar refractivity (Wildman–Crippen MR) is 113 cm³/mol. The van der Waals surface area contributed by atoms with Gasteiger partial charge in [0.25, 0.3) is 0 Å². The minimum absolute atomic E-state index is 0.456. The lowest BCUT2D eigenvalue weighted by Crippen LogP contribution is -2.32. The average Bonchev–Trinajstić information content (AvgIpc) is 2.75. The Kier molecular flexibility index (Phi) is 6.73. The molecule has 0 unspecified atom stereocenters. The van der Waals surface area contributed by atoms with Gasteiger partial charge in [-0.2, -0.15) is 5.10 Å². The third-order valence-electron chi connectivity index (χ3n) is 4.00. The number of carbonyl (C=O) groups excluding carboxylic acids is 2. The normalized spacial score (nSPS) is 10.5. The molecule has 146 valence electrons. The molecule has 0 aromatic heterocycles. The highest BCUT2D eigenvalue weighted by Crippen LogP contribution is 2.14. The van der Waals surface area contributed by atoms with Crippen LogP contribution < -0.4 is 15.5 Å². The summed E-state index contributed by atoms with van der Waals surface area (Å²) in [5.41, 5.74) is 5.62. The Bertz CT molecular complexity index is 999. The van der Waals surface area contributed by atoms with E-state index in [0.29, 0.717) is 18.0 Å². The number of amides is 2. The number of benzene rings is 3. The molecule has 2 N–H and O–H groups in total. The zero-order chi connectivity index (χ0) is 20.5. The fourth-order valence-electron chi connectivity index (χ4n) is 2.47. The molecular weight excluding hydrogens is 366 g/mol. The largest absolute Gasteiger partial charge is 0.489 e. The summed E-state index contributed by atoms with van der Waals surface area (Å²) in [7, 11) is 0. The Balaban J connectivity index is 1.51. The third-order valence-corrected chi connectivity index (χ3v) is 4.00. The number of nitrogens with zero attached hydrogens (tertiary/aromatic N) is 1. The van der Waals surface area contributed by atoms with Crippen LogP contribution in [-0.2, 0) is 16.2 Å². The maximum atomic E-state index is 11.9. The highest BCUT2D eigenvalue weighted by atomic mass is 16.5. The fraction of sp³-hybridized carbons (Fsp3) is 0.0870. The van der Waals surface area contributed by atoms with Crippen LogP contribution >= 0.6 is 0 Å². The van der Waals surface area contributed by atoms with Gasteiger partial charge in [0.2, 0.25) is 0 Å². The Hall–Kier alpha value is -3.93. The van der Waals surface area contributed by atoms with Crippen molar-refractivity contribution in [3.8, 4) is 5.75 Å². The van der Waals surface area contributed by atoms with Crippen LogP contribution in [0.2, 0.25) is 0 Å². The SMILES string of the molecule is Cc1ccc(NC(=O)C(=O)N/N=C/c2cccc(OCc3ccccc3)c2)cc1. The second kappa shape index (κ2) is 9.85. The van der Waals surface area contributed by atoms with E-state index in [0.717, 1.165) is 16.7 Å². The number of aryl methyl sites for hydroxylation is 1. The van der Waals surface area contributed by atoms with Crippen LogP contribution in [0.4, 0.5) is 5.69 Å². The highest BCUT2D eigenvalue weighted by Gasteiger charge is 2.12. The first-order valence-corrected chi connectivity index (χ1v) is 9.08. The molecule has 0 heterocycles. The Labute approximate surface area is 169 Å². The monoisotopic (exact) mass is 387 g/mol. The van der Waals surface area contributed by atoms with E-state index >= 15 is 0 Å². The molecule has 0 saturated carbocycles. The number of carbonyl (C=O) groups is 2. The third kappa shape index (κ3) is 6.32. The topological polar surface area (TPSA) is 79.8 Å². The van der Waals surface area contributed by atoms with Gasteiger partial charge in [0.05, 0.1) is 6.21 Å². The summed E-state index contributed by atoms with van der Waals surface area (Å²) in [5, 5.41) is 6.35. The molecular formula is C23H21N3O3. The van der Waals surface area contributed by atoms with E-state index in [-0.39, 0.29) is 0 Å². The van der Waals surface area contributed by atoms with E-state index in [2.05, 4.69) is 15.8 Å². The second-order valence-electron chi connectivity index (χ2n) is 6.37. The van der Waals surface area contributed by atoms with Gasteiger partial charge in [0.1, 0.15) is 12.4 Å². The molecule has 0 saturated heterocycles. The Morgan fingerprint density at radius 1 is 0.931 bits per heavy atom. The van der Waals surface area contributed by atoms with E-state index in [9.17, 15) is 9.59 Å². The number of nitrogens with one attached hydrogen (secondary N) is 2. The summed E-state index contributed by atoms with van der Waals surface area (Å²) >= 11 is 0. The fourth-order valence-corrected chi connectivity index (χ4v) is 2.47. The number of hydrogen-bond donors (Lipinski definition) is 2. The van der Waals surface area contributed by atoms with Crippen LogP contribution in [-0.4, -0.2) is 18.0 Å². The van der Waals surface area contributed by atoms with Gasteiger partial charge in [-0.1, -0.05) is 60.2 Å². The van der Waals surface area contributed by atoms with Gasteiger partial charge in [0.15, 0.2) is 0 Å². The van der Waals surface area contributed by atoms with Crippen molar-refractivity contribution >= 4 is 23.7 Å². The second-order valence-corrected chi connectivity index (χ2v) is 6.37. The van der Waals surface area contributed by atoms with Crippen molar-refractivity contribution in [2.75, 3.05) is 5.32 Å². The van der Waals surface area contributed by atoms with Crippen molar-refractivity contribution in [1.29, 1.82) is 0 Å². The number of hydrazone groups is 1. The summed E-state index contributed by atoms with van der Waals surface area (Å²) in [6.07, 6.45) is 1.45. The molecule has 6 nitrogen and oxygen atoms in total. The summed E-state index contributed by atoms with van der Waals surface area (Å²) in [4.78, 5) is 23.8. The van der Waals surface area contributed by atoms with Crippen LogP contribution in [0.5, 0.6) is 5.75 Å². The van der Waals surface area contributed by atoms with E-state index in [1.54, 1.807) is 18.2 Å². The van der Waals surface area contributed by atoms with Gasteiger partial charge in [-0.05, 0) is 42.3 Å². The lowest BCUT2D eigenvalue weighted by Gasteiger charge is -2.07. The Morgan fingerprint density at radius 3 is 2.45 bits per heavy atom. The zero-order valence-electron chi connectivity index (χ0n) is 16.0. The van der Waals surface area contributed by atoms with Crippen molar-refractivity contribution in [3.63, 3.8) is 0 Å². The molecule has 0 aliphatic rings. The summed E-state index contributed by atoms with van der Waals surface area (Å²) < 4.78 is 5.76. The lowest BCUT2D eigenvalue weighted by molar-refractivity contribution is -0.136. The molecule has 0 aliphatic heterocycles. The van der Waals surface area contributed by atoms with Crippen molar-refractivity contribution in [2.45, 2.75) is 13.5 Å². The molecule has 2 amide bonds. The van der Waals surface area contributed by atoms with Crippen LogP contribution in [0, 0.1) is 6.92 Å². The van der Waals surface area contributed by atoms with Gasteiger partial charge in [-0.15, -0.1) is 0 Å². The van der Waals surface area contributed by atoms with Gasteiger partial charge in [-0.25, -0.2) is 5.43 Å². The van der Waals surface area contributed by atoms with E-state index < -0.39 is 11.8 Å². The lowest BCUT2D eigenvalue weighted by atomic mass is 10.2. The molecule has 3 aromatic rings. The van der Waals surface area contributed by atoms with Crippen molar-refractivity contribution in [2.24, 2.45) is 5.10 Å². The summed E-state index contributed by atoms with van der Waals surface area (Å²) in [6.45, 7) is 2.39. The molecule has 0 radical (unpaired) electrons. The van der Waals surface area contributed by atoms with Crippen LogP contribution in [0.15, 0.2) is 84.0 Å². The van der Waals surface area contributed by atoms with Crippen LogP contribution in [0.3, 0.4) is 0 Å². The minimum atomic E-state index is -0.849. The predicted octanol–water partition coefficient (Wildman–Crippen LogP) is 3.66. The quantitative estimate of drug-likeness (QED) is 0.385. The average molecular weight is 387 g/mol. The van der Waals surface area contributed by atoms with E-state index in [4.69, 9.17) is 4.74 Å². The number of rotatable bonds is 6. The molecule has 0 fully saturated rings. The van der Waals surface area contributed by atoms with Gasteiger partial charge >= 0.3 is 11.8 Å². The van der Waals surface area contributed by atoms with Gasteiger partial charge < -0.3 is 10.1 Å². The molecule has 0 aliphatic carbocycles. The number of anilines is 1. The van der Waals surface area contributed by atoms with E-state index in [1.807, 2.05) is 67.6 Å². The number of hydrogen-bond acceptors (Lipinski definition) is 4. The molecule has 0 spiro atoms. The first kappa shape index (κ1) is 19.8. The summed E-state index contributed by atoms with van der Waals surface area (Å²) in [5.74, 6) is -0.953. The Morgan fingerprint density at radius 2 is 1.69 bits per heavy atom. The van der Waals surface area contributed by atoms with Crippen molar-refractivity contribution < 1.29 is 14.3 Å². The number of ether oxygens (including phenoxy) is 1. The van der Waals surface area contributed by atoms with E-state index in [1.165, 1.54) is 6.21 Å². The van der Waals surface area contributed by atoms with Gasteiger partial charge in [-0.3, -0.25) is 9.59 Å². The first-order valence-electron chi connectivity index (χ1n) is 9.08. The van der Waals surface area contributed by atoms with Crippen LogP contribution in [0.1, 0.15) is 16.7 Å². The highest BCUT2D eigenvalue weighted by molar-refractivity contribution is 6.39. The standard InChI is InChI=1S/C23H21N3O3/c1-17-10-12-20(13-11-17)25-22(27)23(28)26-24-15-19-8-5-9-21(14-19)29-16-18-6-3-2-4-7-18/h2-15H,16H2,1H3,(H,25,27)(H,26,28)/b24-15+. The maximum Gasteiger partial charge on any atom is 0.329 e. The first-order chi connectivity index (χ1) is 14.1. The smallest absolute Gasteiger partial charge is 0.329 e. The summed E-state index contributed by atoms with van der Waals surface area (Å²) in [6, 6.07) is 24.3. The van der Waals surface area contributed by atoms with Crippen molar-refractivity contribution in [3.05, 3.63) is 95.6 Å². The molecule has 3 aromatic carbocycles. The van der Waals surface area contributed by atoms with Gasteiger partial charge in [0, 0.05) is 5.69 Å². The van der Waals surface area contributed by atoms with Crippen LogP contribution in [0.25, 0.3) is 0 Å². The molecule has 29 heavy (non-hydrogen) atoms. The zero-order valence-corrected chi connectivity index (χ0v) is 16.0. The molecule has 0 bridgehead atoms. The minimum Gasteiger partial charge on any atom is -0.489 e.